The Labute approximate surface area is 105 Å². The Kier molecular flexibility index (Phi) is 2.34. The van der Waals surface area contributed by atoms with Crippen LogP contribution in [0, 0.1) is 11.6 Å². The lowest BCUT2D eigenvalue weighted by Crippen LogP contribution is -2.14. The topological polar surface area (TPSA) is 76.2 Å². The van der Waals surface area contributed by atoms with Gasteiger partial charge in [-0.15, -0.1) is 0 Å². The zero-order valence-corrected chi connectivity index (χ0v) is 9.52. The summed E-state index contributed by atoms with van der Waals surface area (Å²) in [4.78, 5) is 15.9. The molecule has 0 aliphatic rings. The van der Waals surface area contributed by atoms with E-state index in [9.17, 15) is 13.6 Å². The first-order valence-corrected chi connectivity index (χ1v) is 5.38. The average Bonchev–Trinajstić information content (AvgIpc) is 2.73. The first-order valence-electron chi connectivity index (χ1n) is 5.38. The maximum Gasteiger partial charge on any atom is 0.273 e. The van der Waals surface area contributed by atoms with Crippen LogP contribution < -0.4 is 11.3 Å². The van der Waals surface area contributed by atoms with Crippen LogP contribution in [0.5, 0.6) is 0 Å². The van der Waals surface area contributed by atoms with Gasteiger partial charge in [-0.1, -0.05) is 0 Å². The number of aromatic amines is 1. The third-order valence-corrected chi connectivity index (χ3v) is 2.67. The normalized spacial score (nSPS) is 11.1. The van der Waals surface area contributed by atoms with Crippen LogP contribution in [-0.2, 0) is 0 Å². The molecule has 0 bridgehead atoms. The van der Waals surface area contributed by atoms with E-state index < -0.39 is 17.2 Å². The predicted octanol–water partition coefficient (Wildman–Crippen LogP) is 1.55. The van der Waals surface area contributed by atoms with E-state index >= 15 is 0 Å². The predicted molar refractivity (Wildman–Crippen MR) is 65.6 cm³/mol. The largest absolute Gasteiger partial charge is 0.384 e. The smallest absolute Gasteiger partial charge is 0.273 e. The number of fused-ring (bicyclic) bond motifs is 1. The molecule has 1 aromatic carbocycles. The third-order valence-electron chi connectivity index (χ3n) is 2.67. The molecule has 0 fully saturated rings. The van der Waals surface area contributed by atoms with E-state index in [1.54, 1.807) is 0 Å². The molecule has 0 aliphatic heterocycles. The number of hydrogen-bond donors (Lipinski definition) is 2. The maximum absolute atomic E-state index is 13.6. The molecule has 0 saturated carbocycles. The lowest BCUT2D eigenvalue weighted by atomic mass is 10.1. The van der Waals surface area contributed by atoms with Crippen LogP contribution in [0.2, 0.25) is 0 Å². The van der Waals surface area contributed by atoms with Gasteiger partial charge in [-0.25, -0.2) is 13.8 Å². The second-order valence-electron chi connectivity index (χ2n) is 4.01. The highest BCUT2D eigenvalue weighted by Crippen LogP contribution is 2.21. The van der Waals surface area contributed by atoms with Crippen LogP contribution in [0.4, 0.5) is 14.6 Å². The van der Waals surface area contributed by atoms with Crippen molar-refractivity contribution in [3.05, 3.63) is 52.3 Å². The molecule has 96 valence electrons. The van der Waals surface area contributed by atoms with Crippen LogP contribution in [0.1, 0.15) is 0 Å². The van der Waals surface area contributed by atoms with Crippen molar-refractivity contribution in [2.24, 2.45) is 0 Å². The molecule has 0 atom stereocenters. The van der Waals surface area contributed by atoms with Gasteiger partial charge >= 0.3 is 0 Å². The number of nitrogen functional groups attached to an aromatic ring is 1. The highest BCUT2D eigenvalue weighted by Gasteiger charge is 2.11. The number of anilines is 1. The fourth-order valence-corrected chi connectivity index (χ4v) is 1.84. The van der Waals surface area contributed by atoms with E-state index in [0.29, 0.717) is 0 Å². The number of aromatic nitrogens is 3. The van der Waals surface area contributed by atoms with Gasteiger partial charge in [0.2, 0.25) is 0 Å². The average molecular weight is 262 g/mol. The molecule has 3 aromatic rings. The molecule has 0 spiro atoms. The lowest BCUT2D eigenvalue weighted by Gasteiger charge is -2.03. The van der Waals surface area contributed by atoms with Gasteiger partial charge in [-0.05, 0) is 18.2 Å². The summed E-state index contributed by atoms with van der Waals surface area (Å²) in [5.41, 5.74) is 5.28. The first-order chi connectivity index (χ1) is 9.04. The highest BCUT2D eigenvalue weighted by molar-refractivity contribution is 5.63. The standard InChI is InChI=1S/C12H8F2N4O/c13-6-1-2-8(14)7(3-6)9-4-12(19)18-11(16-9)5-10(15)17-18/h1-5,17H,15H2. The van der Waals surface area contributed by atoms with Crippen molar-refractivity contribution in [1.29, 1.82) is 0 Å². The van der Waals surface area contributed by atoms with Gasteiger partial charge in [-0.2, -0.15) is 4.52 Å². The Morgan fingerprint density at radius 1 is 1.21 bits per heavy atom. The van der Waals surface area contributed by atoms with Gasteiger partial charge in [-0.3, -0.25) is 9.89 Å². The number of H-pyrrole nitrogens is 1. The second kappa shape index (κ2) is 3.91. The molecule has 0 amide bonds. The van der Waals surface area contributed by atoms with Crippen LogP contribution in [0.15, 0.2) is 35.1 Å². The number of rotatable bonds is 1. The summed E-state index contributed by atoms with van der Waals surface area (Å²) in [6, 6.07) is 5.52. The van der Waals surface area contributed by atoms with E-state index in [4.69, 9.17) is 5.73 Å². The quantitative estimate of drug-likeness (QED) is 0.698. The molecule has 0 aliphatic carbocycles. The number of benzene rings is 1. The zero-order valence-electron chi connectivity index (χ0n) is 9.52. The van der Waals surface area contributed by atoms with Crippen molar-refractivity contribution >= 4 is 11.5 Å². The van der Waals surface area contributed by atoms with Crippen LogP contribution in [-0.4, -0.2) is 14.6 Å². The molecule has 0 unspecified atom stereocenters. The molecule has 3 rings (SSSR count). The second-order valence-corrected chi connectivity index (χ2v) is 4.01. The van der Waals surface area contributed by atoms with Crippen molar-refractivity contribution in [2.45, 2.75) is 0 Å². The lowest BCUT2D eigenvalue weighted by molar-refractivity contribution is 0.602. The van der Waals surface area contributed by atoms with Gasteiger partial charge in [0.05, 0.1) is 5.69 Å². The molecule has 19 heavy (non-hydrogen) atoms. The molecule has 5 nitrogen and oxygen atoms in total. The third kappa shape index (κ3) is 1.85. The van der Waals surface area contributed by atoms with E-state index in [1.165, 1.54) is 6.07 Å². The Morgan fingerprint density at radius 2 is 2.00 bits per heavy atom. The summed E-state index contributed by atoms with van der Waals surface area (Å²) in [5.74, 6) is -1.00. The highest BCUT2D eigenvalue weighted by atomic mass is 19.1. The minimum Gasteiger partial charge on any atom is -0.384 e. The van der Waals surface area contributed by atoms with Crippen molar-refractivity contribution in [3.63, 3.8) is 0 Å². The van der Waals surface area contributed by atoms with Crippen molar-refractivity contribution in [1.82, 2.24) is 14.6 Å². The molecule has 3 N–H and O–H groups in total. The maximum atomic E-state index is 13.6. The Bertz CT molecular complexity index is 837. The summed E-state index contributed by atoms with van der Waals surface area (Å²) >= 11 is 0. The number of hydrogen-bond acceptors (Lipinski definition) is 3. The number of nitrogens with two attached hydrogens (primary N) is 1. The molecule has 0 radical (unpaired) electrons. The molecular formula is C12H8F2N4O. The van der Waals surface area contributed by atoms with Gasteiger partial charge in [0, 0.05) is 17.7 Å². The molecule has 2 heterocycles. The molecular weight excluding hydrogens is 254 g/mol. The SMILES string of the molecule is Nc1cc2nc(-c3cc(F)ccc3F)cc(=O)n2[nH]1. The van der Waals surface area contributed by atoms with Crippen molar-refractivity contribution in [2.75, 3.05) is 5.73 Å². The number of nitrogens with zero attached hydrogens (tertiary/aromatic N) is 2. The summed E-state index contributed by atoms with van der Waals surface area (Å²) in [7, 11) is 0. The van der Waals surface area contributed by atoms with Crippen LogP contribution in [0.3, 0.4) is 0 Å². The summed E-state index contributed by atoms with van der Waals surface area (Å²) in [6.45, 7) is 0. The summed E-state index contributed by atoms with van der Waals surface area (Å²) in [6.07, 6.45) is 0. The zero-order chi connectivity index (χ0) is 13.6. The van der Waals surface area contributed by atoms with Crippen LogP contribution in [0.25, 0.3) is 16.9 Å². The van der Waals surface area contributed by atoms with Crippen LogP contribution >= 0.6 is 0 Å². The van der Waals surface area contributed by atoms with Gasteiger partial charge in [0.1, 0.15) is 17.5 Å². The molecule has 7 heteroatoms. The van der Waals surface area contributed by atoms with E-state index in [-0.39, 0.29) is 22.7 Å². The molecule has 2 aromatic heterocycles. The van der Waals surface area contributed by atoms with E-state index in [1.807, 2.05) is 0 Å². The monoisotopic (exact) mass is 262 g/mol. The van der Waals surface area contributed by atoms with E-state index in [0.717, 1.165) is 28.8 Å². The van der Waals surface area contributed by atoms with Crippen molar-refractivity contribution < 1.29 is 8.78 Å². The Balaban J connectivity index is 2.31. The number of halogens is 2. The Hall–Kier alpha value is -2.70. The minimum atomic E-state index is -0.652. The minimum absolute atomic E-state index is 0.0565. The summed E-state index contributed by atoms with van der Waals surface area (Å²) < 4.78 is 27.9. The summed E-state index contributed by atoms with van der Waals surface area (Å²) in [5, 5.41) is 2.58. The van der Waals surface area contributed by atoms with Gasteiger partial charge < -0.3 is 5.73 Å². The van der Waals surface area contributed by atoms with Gasteiger partial charge in [0.15, 0.2) is 5.65 Å². The Morgan fingerprint density at radius 3 is 2.79 bits per heavy atom. The van der Waals surface area contributed by atoms with Crippen molar-refractivity contribution in [3.8, 4) is 11.3 Å². The molecule has 0 saturated heterocycles. The van der Waals surface area contributed by atoms with E-state index in [2.05, 4.69) is 10.1 Å². The fourth-order valence-electron chi connectivity index (χ4n) is 1.84. The first kappa shape index (κ1) is 11.4. The number of nitrogens with one attached hydrogen (secondary N) is 1. The fraction of sp³-hybridized carbons (Fsp3) is 0. The van der Waals surface area contributed by atoms with Gasteiger partial charge in [0.25, 0.3) is 5.56 Å².